The summed E-state index contributed by atoms with van der Waals surface area (Å²) in [6.45, 7) is 2.71. The first-order valence-electron chi connectivity index (χ1n) is 10.5. The van der Waals surface area contributed by atoms with Crippen molar-refractivity contribution in [3.8, 4) is 11.1 Å². The van der Waals surface area contributed by atoms with Gasteiger partial charge >= 0.3 is 0 Å². The second kappa shape index (κ2) is 7.84. The Hall–Kier alpha value is -3.73. The topological polar surface area (TPSA) is 62.3 Å². The van der Waals surface area contributed by atoms with E-state index in [1.807, 2.05) is 53.7 Å². The van der Waals surface area contributed by atoms with Gasteiger partial charge in [0.2, 0.25) is 5.91 Å². The number of amides is 2. The maximum atomic E-state index is 13.4. The van der Waals surface area contributed by atoms with E-state index >= 15 is 0 Å². The fourth-order valence-electron chi connectivity index (χ4n) is 4.61. The molecule has 2 amide bonds. The van der Waals surface area contributed by atoms with Crippen LogP contribution < -0.4 is 5.32 Å². The number of rotatable bonds is 3. The number of likely N-dealkylation sites (tertiary alicyclic amines) is 1. The van der Waals surface area contributed by atoms with Crippen LogP contribution in [0.15, 0.2) is 73.1 Å². The van der Waals surface area contributed by atoms with E-state index in [9.17, 15) is 9.59 Å². The third-order valence-corrected chi connectivity index (χ3v) is 6.01. The smallest absolute Gasteiger partial charge is 0.254 e. The normalized spacial score (nSPS) is 16.0. The molecule has 0 saturated carbocycles. The van der Waals surface area contributed by atoms with Gasteiger partial charge in [-0.05, 0) is 45.8 Å². The van der Waals surface area contributed by atoms with E-state index in [0.717, 1.165) is 39.1 Å². The summed E-state index contributed by atoms with van der Waals surface area (Å²) in [6, 6.07) is 20.3. The number of pyridine rings is 1. The zero-order valence-corrected chi connectivity index (χ0v) is 17.3. The molecule has 4 aromatic rings. The summed E-state index contributed by atoms with van der Waals surface area (Å²) in [5, 5.41) is 7.15. The number of hydrogen-bond donors (Lipinski definition) is 1. The minimum Gasteiger partial charge on any atom is -0.352 e. The maximum Gasteiger partial charge on any atom is 0.254 e. The summed E-state index contributed by atoms with van der Waals surface area (Å²) in [6.07, 6.45) is 4.47. The third-order valence-electron chi connectivity index (χ3n) is 6.01. The van der Waals surface area contributed by atoms with Gasteiger partial charge in [-0.15, -0.1) is 0 Å². The van der Waals surface area contributed by atoms with Gasteiger partial charge in [0.05, 0.1) is 0 Å². The Labute approximate surface area is 180 Å². The van der Waals surface area contributed by atoms with Crippen LogP contribution in [0.2, 0.25) is 0 Å². The summed E-state index contributed by atoms with van der Waals surface area (Å²) in [5.74, 6) is -0.0443. The Kier molecular flexibility index (Phi) is 4.86. The molecule has 0 aliphatic carbocycles. The minimum atomic E-state index is -0.0561. The fraction of sp³-hybridized carbons (Fsp3) is 0.192. The molecular formula is C26H23N3O2. The first-order chi connectivity index (χ1) is 15.1. The molecule has 1 aliphatic heterocycles. The number of aromatic nitrogens is 1. The molecule has 1 fully saturated rings. The number of benzene rings is 3. The molecule has 5 rings (SSSR count). The van der Waals surface area contributed by atoms with E-state index in [0.29, 0.717) is 18.7 Å². The lowest BCUT2D eigenvalue weighted by atomic mass is 9.93. The van der Waals surface area contributed by atoms with Crippen LogP contribution in [0.1, 0.15) is 23.7 Å². The van der Waals surface area contributed by atoms with E-state index in [1.165, 1.54) is 6.92 Å². The fourth-order valence-corrected chi connectivity index (χ4v) is 4.61. The van der Waals surface area contributed by atoms with Gasteiger partial charge in [0.15, 0.2) is 0 Å². The lowest BCUT2D eigenvalue weighted by Gasteiger charge is -2.19. The lowest BCUT2D eigenvalue weighted by Crippen LogP contribution is -2.37. The van der Waals surface area contributed by atoms with Crippen molar-refractivity contribution >= 4 is 33.4 Å². The Balaban J connectivity index is 1.57. The van der Waals surface area contributed by atoms with Crippen molar-refractivity contribution in [3.05, 3.63) is 78.6 Å². The number of nitrogens with zero attached hydrogens (tertiary/aromatic N) is 2. The lowest BCUT2D eigenvalue weighted by molar-refractivity contribution is -0.119. The number of carbonyl (C=O) groups excluding carboxylic acids is 2. The molecule has 1 aromatic heterocycles. The quantitative estimate of drug-likeness (QED) is 0.545. The van der Waals surface area contributed by atoms with Crippen LogP contribution >= 0.6 is 0 Å². The maximum absolute atomic E-state index is 13.4. The minimum absolute atomic E-state index is 0.0118. The zero-order valence-electron chi connectivity index (χ0n) is 17.3. The van der Waals surface area contributed by atoms with Gasteiger partial charge in [-0.25, -0.2) is 0 Å². The molecule has 5 heteroatoms. The number of carbonyl (C=O) groups is 2. The van der Waals surface area contributed by atoms with Crippen LogP contribution in [-0.4, -0.2) is 40.8 Å². The molecule has 1 atom stereocenters. The highest BCUT2D eigenvalue weighted by molar-refractivity contribution is 6.12. The highest BCUT2D eigenvalue weighted by Crippen LogP contribution is 2.35. The molecule has 0 bridgehead atoms. The standard InChI is InChI=1S/C26H23N3O2/c1-17(30)28-19-12-14-29(16-19)26(31)25-10-4-8-23-22(7-3-9-24(23)25)21-6-2-5-18-15-27-13-11-20(18)21/h2-11,13,15,19H,12,14,16H2,1H3,(H,28,30). The molecule has 0 radical (unpaired) electrons. The van der Waals surface area contributed by atoms with Crippen molar-refractivity contribution in [2.24, 2.45) is 0 Å². The van der Waals surface area contributed by atoms with Crippen LogP contribution in [0.25, 0.3) is 32.7 Å². The van der Waals surface area contributed by atoms with Crippen molar-refractivity contribution in [3.63, 3.8) is 0 Å². The molecule has 0 spiro atoms. The van der Waals surface area contributed by atoms with Crippen molar-refractivity contribution in [1.29, 1.82) is 0 Å². The second-order valence-electron chi connectivity index (χ2n) is 8.05. The predicted molar refractivity (Wildman–Crippen MR) is 123 cm³/mol. The average molecular weight is 409 g/mol. The Bertz CT molecular complexity index is 1310. The van der Waals surface area contributed by atoms with Crippen molar-refractivity contribution in [1.82, 2.24) is 15.2 Å². The Morgan fingerprint density at radius 2 is 1.68 bits per heavy atom. The van der Waals surface area contributed by atoms with Crippen molar-refractivity contribution in [2.45, 2.75) is 19.4 Å². The van der Waals surface area contributed by atoms with Gasteiger partial charge in [0.1, 0.15) is 0 Å². The van der Waals surface area contributed by atoms with Gasteiger partial charge < -0.3 is 10.2 Å². The van der Waals surface area contributed by atoms with Crippen LogP contribution in [0.3, 0.4) is 0 Å². The first-order valence-corrected chi connectivity index (χ1v) is 10.5. The summed E-state index contributed by atoms with van der Waals surface area (Å²) >= 11 is 0. The van der Waals surface area contributed by atoms with E-state index in [-0.39, 0.29) is 17.9 Å². The summed E-state index contributed by atoms with van der Waals surface area (Å²) in [7, 11) is 0. The number of hydrogen-bond acceptors (Lipinski definition) is 3. The Morgan fingerprint density at radius 3 is 2.52 bits per heavy atom. The average Bonchev–Trinajstić information content (AvgIpc) is 3.25. The van der Waals surface area contributed by atoms with Crippen molar-refractivity contribution in [2.75, 3.05) is 13.1 Å². The molecule has 1 saturated heterocycles. The number of fused-ring (bicyclic) bond motifs is 2. The predicted octanol–water partition coefficient (Wildman–Crippen LogP) is 4.41. The molecule has 154 valence electrons. The molecule has 5 nitrogen and oxygen atoms in total. The van der Waals surface area contributed by atoms with Gasteiger partial charge in [-0.3, -0.25) is 14.6 Å². The summed E-state index contributed by atoms with van der Waals surface area (Å²) in [5.41, 5.74) is 2.92. The van der Waals surface area contributed by atoms with Gasteiger partial charge in [-0.2, -0.15) is 0 Å². The first kappa shape index (κ1) is 19.2. The molecular weight excluding hydrogens is 386 g/mol. The van der Waals surface area contributed by atoms with E-state index < -0.39 is 0 Å². The summed E-state index contributed by atoms with van der Waals surface area (Å²) in [4.78, 5) is 30.8. The zero-order chi connectivity index (χ0) is 21.4. The SMILES string of the molecule is CC(=O)NC1CCN(C(=O)c2cccc3c(-c4cccc5cnccc45)cccc23)C1. The summed E-state index contributed by atoms with van der Waals surface area (Å²) < 4.78 is 0. The van der Waals surface area contributed by atoms with Crippen LogP contribution in [-0.2, 0) is 4.79 Å². The number of nitrogens with one attached hydrogen (secondary N) is 1. The largest absolute Gasteiger partial charge is 0.352 e. The third kappa shape index (κ3) is 3.52. The highest BCUT2D eigenvalue weighted by atomic mass is 16.2. The monoisotopic (exact) mass is 409 g/mol. The highest BCUT2D eigenvalue weighted by Gasteiger charge is 2.28. The molecule has 31 heavy (non-hydrogen) atoms. The van der Waals surface area contributed by atoms with Gasteiger partial charge in [0, 0.05) is 49.4 Å². The van der Waals surface area contributed by atoms with E-state index in [1.54, 1.807) is 0 Å². The molecule has 1 aliphatic rings. The van der Waals surface area contributed by atoms with Crippen LogP contribution in [0, 0.1) is 0 Å². The van der Waals surface area contributed by atoms with Crippen LogP contribution in [0.5, 0.6) is 0 Å². The van der Waals surface area contributed by atoms with E-state index in [4.69, 9.17) is 0 Å². The van der Waals surface area contributed by atoms with Crippen molar-refractivity contribution < 1.29 is 9.59 Å². The van der Waals surface area contributed by atoms with E-state index in [2.05, 4.69) is 34.6 Å². The molecule has 2 heterocycles. The molecule has 3 aromatic carbocycles. The second-order valence-corrected chi connectivity index (χ2v) is 8.05. The van der Waals surface area contributed by atoms with Gasteiger partial charge in [0.25, 0.3) is 5.91 Å². The molecule has 1 unspecified atom stereocenters. The van der Waals surface area contributed by atoms with Crippen LogP contribution in [0.4, 0.5) is 0 Å². The molecule has 1 N–H and O–H groups in total. The Morgan fingerprint density at radius 1 is 0.935 bits per heavy atom. The van der Waals surface area contributed by atoms with Gasteiger partial charge in [-0.1, -0.05) is 48.5 Å².